The first-order valence-corrected chi connectivity index (χ1v) is 11.2. The second-order valence-corrected chi connectivity index (χ2v) is 8.51. The molecule has 1 aliphatic heterocycles. The summed E-state index contributed by atoms with van der Waals surface area (Å²) in [5, 5.41) is 16.0. The zero-order chi connectivity index (χ0) is 24.1. The van der Waals surface area contributed by atoms with Gasteiger partial charge < -0.3 is 20.3 Å². The highest BCUT2D eigenvalue weighted by Gasteiger charge is 2.31. The average molecular weight is 454 g/mol. The van der Waals surface area contributed by atoms with Crippen LogP contribution in [0.15, 0.2) is 42.5 Å². The SMILES string of the molecule is CCC(C)[C@H](C(=O)Oc1ccc(C(=N)N2CCCC2)cc1F)N(C)c1cccc(C(=N)N)c1. The van der Waals surface area contributed by atoms with E-state index in [4.69, 9.17) is 21.3 Å². The number of carbonyl (C=O) groups is 1. The summed E-state index contributed by atoms with van der Waals surface area (Å²) in [6.07, 6.45) is 2.77. The number of esters is 1. The van der Waals surface area contributed by atoms with Gasteiger partial charge in [-0.2, -0.15) is 0 Å². The maximum absolute atomic E-state index is 14.8. The van der Waals surface area contributed by atoms with E-state index >= 15 is 0 Å². The Kier molecular flexibility index (Phi) is 7.68. The largest absolute Gasteiger partial charge is 0.422 e. The number of ether oxygens (including phenoxy) is 1. The smallest absolute Gasteiger partial charge is 0.334 e. The minimum absolute atomic E-state index is 0.0606. The molecule has 0 aromatic heterocycles. The zero-order valence-corrected chi connectivity index (χ0v) is 19.4. The topological polar surface area (TPSA) is 107 Å². The number of nitrogens with one attached hydrogen (secondary N) is 2. The lowest BCUT2D eigenvalue weighted by molar-refractivity contribution is -0.137. The Morgan fingerprint density at radius 3 is 2.48 bits per heavy atom. The number of carbonyl (C=O) groups excluding carboxylic acids is 1. The number of likely N-dealkylation sites (tertiary alicyclic amines) is 1. The van der Waals surface area contributed by atoms with Gasteiger partial charge in [0, 0.05) is 37.0 Å². The molecule has 0 spiro atoms. The quantitative estimate of drug-likeness (QED) is 0.243. The summed E-state index contributed by atoms with van der Waals surface area (Å²) in [7, 11) is 1.77. The van der Waals surface area contributed by atoms with Gasteiger partial charge in [-0.15, -0.1) is 0 Å². The van der Waals surface area contributed by atoms with Crippen LogP contribution in [-0.4, -0.2) is 48.7 Å². The van der Waals surface area contributed by atoms with E-state index in [0.29, 0.717) is 23.2 Å². The third-order valence-electron chi connectivity index (χ3n) is 6.24. The van der Waals surface area contributed by atoms with Gasteiger partial charge in [-0.25, -0.2) is 9.18 Å². The lowest BCUT2D eigenvalue weighted by Crippen LogP contribution is -2.45. The Bertz CT molecular complexity index is 1040. The number of rotatable bonds is 8. The summed E-state index contributed by atoms with van der Waals surface area (Å²) in [6, 6.07) is 10.7. The fourth-order valence-electron chi connectivity index (χ4n) is 4.07. The van der Waals surface area contributed by atoms with Gasteiger partial charge in [0.25, 0.3) is 0 Å². The van der Waals surface area contributed by atoms with Crippen molar-refractivity contribution in [2.24, 2.45) is 11.7 Å². The molecule has 176 valence electrons. The zero-order valence-electron chi connectivity index (χ0n) is 19.4. The minimum Gasteiger partial charge on any atom is -0.422 e. The van der Waals surface area contributed by atoms with Crippen molar-refractivity contribution >= 4 is 23.3 Å². The van der Waals surface area contributed by atoms with Crippen LogP contribution in [0.1, 0.15) is 44.2 Å². The van der Waals surface area contributed by atoms with Crippen LogP contribution in [0.2, 0.25) is 0 Å². The van der Waals surface area contributed by atoms with Gasteiger partial charge in [-0.05, 0) is 49.1 Å². The molecule has 0 radical (unpaired) electrons. The number of amidine groups is 2. The van der Waals surface area contributed by atoms with E-state index in [-0.39, 0.29) is 23.3 Å². The number of hydrogen-bond donors (Lipinski definition) is 3. The molecule has 1 saturated heterocycles. The molecule has 3 rings (SSSR count). The monoisotopic (exact) mass is 453 g/mol. The lowest BCUT2D eigenvalue weighted by atomic mass is 9.97. The molecule has 2 aromatic carbocycles. The molecule has 7 nitrogen and oxygen atoms in total. The summed E-state index contributed by atoms with van der Waals surface area (Å²) in [5.41, 5.74) is 7.34. The van der Waals surface area contributed by atoms with E-state index in [1.54, 1.807) is 36.2 Å². The summed E-state index contributed by atoms with van der Waals surface area (Å²) in [6.45, 7) is 5.51. The highest BCUT2D eigenvalue weighted by molar-refractivity contribution is 5.97. The van der Waals surface area contributed by atoms with Gasteiger partial charge in [0.2, 0.25) is 0 Å². The van der Waals surface area contributed by atoms with Crippen molar-refractivity contribution in [1.29, 1.82) is 10.8 Å². The fourth-order valence-corrected chi connectivity index (χ4v) is 4.07. The minimum atomic E-state index is -0.672. The molecule has 0 saturated carbocycles. The summed E-state index contributed by atoms with van der Waals surface area (Å²) in [5.74, 6) is -1.25. The molecule has 1 unspecified atom stereocenters. The number of hydrogen-bond acceptors (Lipinski definition) is 5. The third-order valence-corrected chi connectivity index (χ3v) is 6.24. The predicted molar refractivity (Wildman–Crippen MR) is 129 cm³/mol. The van der Waals surface area contributed by atoms with Crippen molar-refractivity contribution < 1.29 is 13.9 Å². The van der Waals surface area contributed by atoms with Gasteiger partial charge in [0.1, 0.15) is 17.7 Å². The first-order chi connectivity index (χ1) is 15.7. The summed E-state index contributed by atoms with van der Waals surface area (Å²) >= 11 is 0. The van der Waals surface area contributed by atoms with Crippen molar-refractivity contribution in [2.45, 2.75) is 39.2 Å². The van der Waals surface area contributed by atoms with Gasteiger partial charge >= 0.3 is 5.97 Å². The third kappa shape index (κ3) is 5.50. The van der Waals surface area contributed by atoms with Crippen LogP contribution in [0.25, 0.3) is 0 Å². The van der Waals surface area contributed by atoms with Gasteiger partial charge in [0.05, 0.1) is 0 Å². The molecule has 0 aliphatic carbocycles. The fraction of sp³-hybridized carbons (Fsp3) is 0.400. The number of halogens is 1. The number of nitrogens with zero attached hydrogens (tertiary/aromatic N) is 2. The molecule has 4 N–H and O–H groups in total. The van der Waals surface area contributed by atoms with Crippen molar-refractivity contribution in [3.63, 3.8) is 0 Å². The number of benzene rings is 2. The van der Waals surface area contributed by atoms with Crippen LogP contribution in [0.3, 0.4) is 0 Å². The van der Waals surface area contributed by atoms with Crippen molar-refractivity contribution in [2.75, 3.05) is 25.0 Å². The molecule has 1 heterocycles. The molecule has 2 atom stereocenters. The molecule has 8 heteroatoms. The van der Waals surface area contributed by atoms with Gasteiger partial charge in [-0.1, -0.05) is 32.4 Å². The van der Waals surface area contributed by atoms with Crippen LogP contribution in [0, 0.1) is 22.6 Å². The average Bonchev–Trinajstić information content (AvgIpc) is 3.35. The van der Waals surface area contributed by atoms with Crippen LogP contribution in [0.4, 0.5) is 10.1 Å². The van der Waals surface area contributed by atoms with Crippen molar-refractivity contribution in [3.05, 3.63) is 59.4 Å². The number of likely N-dealkylation sites (N-methyl/N-ethyl adjacent to an activating group) is 1. The second kappa shape index (κ2) is 10.5. The predicted octanol–water partition coefficient (Wildman–Crippen LogP) is 3.99. The van der Waals surface area contributed by atoms with E-state index in [2.05, 4.69) is 0 Å². The van der Waals surface area contributed by atoms with E-state index in [0.717, 1.165) is 25.9 Å². The maximum atomic E-state index is 14.8. The Hall–Kier alpha value is -3.42. The molecular weight excluding hydrogens is 421 g/mol. The molecule has 1 aliphatic rings. The summed E-state index contributed by atoms with van der Waals surface area (Å²) < 4.78 is 20.3. The molecule has 0 amide bonds. The molecular formula is C25H32FN5O2. The van der Waals surface area contributed by atoms with Crippen LogP contribution in [-0.2, 0) is 4.79 Å². The van der Waals surface area contributed by atoms with E-state index in [1.807, 2.05) is 24.8 Å². The van der Waals surface area contributed by atoms with E-state index in [9.17, 15) is 9.18 Å². The van der Waals surface area contributed by atoms with Crippen LogP contribution >= 0.6 is 0 Å². The normalized spacial score (nSPS) is 15.1. The second-order valence-electron chi connectivity index (χ2n) is 8.51. The Balaban J connectivity index is 1.81. The molecule has 33 heavy (non-hydrogen) atoms. The highest BCUT2D eigenvalue weighted by atomic mass is 19.1. The van der Waals surface area contributed by atoms with Crippen molar-refractivity contribution in [1.82, 2.24) is 4.90 Å². The molecule has 2 aromatic rings. The summed E-state index contributed by atoms with van der Waals surface area (Å²) in [4.78, 5) is 16.9. The molecule has 0 bridgehead atoms. The van der Waals surface area contributed by atoms with E-state index < -0.39 is 17.8 Å². The number of nitrogen functional groups attached to an aromatic ring is 1. The van der Waals surface area contributed by atoms with Crippen LogP contribution < -0.4 is 15.4 Å². The Morgan fingerprint density at radius 2 is 1.88 bits per heavy atom. The lowest BCUT2D eigenvalue weighted by Gasteiger charge is -2.32. The van der Waals surface area contributed by atoms with Gasteiger partial charge in [-0.3, -0.25) is 10.8 Å². The van der Waals surface area contributed by atoms with Crippen molar-refractivity contribution in [3.8, 4) is 5.75 Å². The standard InChI is InChI=1S/C25H32FN5O2/c1-4-16(2)22(30(3)19-9-7-8-17(14-19)23(27)28)25(32)33-21-11-10-18(15-20(21)26)24(29)31-12-5-6-13-31/h7-11,14-16,22,29H,4-6,12-13H2,1-3H3,(H3,27,28)/t16?,22-/m1/s1. The van der Waals surface area contributed by atoms with Gasteiger partial charge in [0.15, 0.2) is 11.6 Å². The van der Waals surface area contributed by atoms with Crippen LogP contribution in [0.5, 0.6) is 5.75 Å². The first-order valence-electron chi connectivity index (χ1n) is 11.2. The number of nitrogens with two attached hydrogens (primary N) is 1. The Labute approximate surface area is 194 Å². The highest BCUT2D eigenvalue weighted by Crippen LogP contribution is 2.26. The van der Waals surface area contributed by atoms with E-state index in [1.165, 1.54) is 12.1 Å². The number of anilines is 1. The first kappa shape index (κ1) is 24.2. The Morgan fingerprint density at radius 1 is 1.18 bits per heavy atom. The molecule has 1 fully saturated rings. The maximum Gasteiger partial charge on any atom is 0.334 e.